The Labute approximate surface area is 122 Å². The Hall–Kier alpha value is -1.06. The van der Waals surface area contributed by atoms with Crippen LogP contribution in [0.25, 0.3) is 10.1 Å². The van der Waals surface area contributed by atoms with Gasteiger partial charge in [-0.25, -0.2) is 0 Å². The summed E-state index contributed by atoms with van der Waals surface area (Å²) in [4.78, 5) is 15.2. The summed E-state index contributed by atoms with van der Waals surface area (Å²) in [5.74, 6) is 0.684. The van der Waals surface area contributed by atoms with Gasteiger partial charge in [0.15, 0.2) is 0 Å². The van der Waals surface area contributed by atoms with Gasteiger partial charge in [0.2, 0.25) is 0 Å². The van der Waals surface area contributed by atoms with Crippen LogP contribution in [0.3, 0.4) is 0 Å². The van der Waals surface area contributed by atoms with Gasteiger partial charge in [-0.3, -0.25) is 4.79 Å². The van der Waals surface area contributed by atoms with Crippen LogP contribution in [-0.2, 0) is 0 Å². The predicted octanol–water partition coefficient (Wildman–Crippen LogP) is 4.43. The molecular weight excluding hydrogens is 278 g/mol. The van der Waals surface area contributed by atoms with E-state index in [4.69, 9.17) is 11.6 Å². The van der Waals surface area contributed by atoms with E-state index in [0.717, 1.165) is 29.6 Å². The summed E-state index contributed by atoms with van der Waals surface area (Å²) in [5.41, 5.74) is 0. The second kappa shape index (κ2) is 5.14. The van der Waals surface area contributed by atoms with Crippen LogP contribution < -0.4 is 0 Å². The van der Waals surface area contributed by atoms with Crippen molar-refractivity contribution in [3.8, 4) is 0 Å². The van der Waals surface area contributed by atoms with Crippen LogP contribution >= 0.6 is 22.9 Å². The molecule has 1 amide bonds. The topological polar surface area (TPSA) is 20.3 Å². The first-order chi connectivity index (χ1) is 9.16. The van der Waals surface area contributed by atoms with Crippen LogP contribution in [0.4, 0.5) is 0 Å². The number of fused-ring (bicyclic) bond motifs is 1. The monoisotopic (exact) mass is 293 g/mol. The van der Waals surface area contributed by atoms with Crippen LogP contribution in [0.1, 0.15) is 29.4 Å². The van der Waals surface area contributed by atoms with Crippen molar-refractivity contribution in [2.45, 2.75) is 19.8 Å². The second-order valence-corrected chi connectivity index (χ2v) is 6.67. The Balaban J connectivity index is 1.95. The van der Waals surface area contributed by atoms with Gasteiger partial charge < -0.3 is 4.90 Å². The van der Waals surface area contributed by atoms with Crippen molar-refractivity contribution in [2.24, 2.45) is 5.92 Å². The highest BCUT2D eigenvalue weighted by atomic mass is 35.5. The molecule has 1 aliphatic rings. The third-order valence-electron chi connectivity index (χ3n) is 3.67. The summed E-state index contributed by atoms with van der Waals surface area (Å²) in [6, 6.07) is 7.93. The Morgan fingerprint density at radius 1 is 1.42 bits per heavy atom. The van der Waals surface area contributed by atoms with E-state index in [1.165, 1.54) is 17.8 Å². The molecule has 100 valence electrons. The van der Waals surface area contributed by atoms with Crippen molar-refractivity contribution in [3.63, 3.8) is 0 Å². The van der Waals surface area contributed by atoms with E-state index >= 15 is 0 Å². The number of rotatable bonds is 1. The van der Waals surface area contributed by atoms with Crippen LogP contribution in [0.5, 0.6) is 0 Å². The number of piperidine rings is 1. The Morgan fingerprint density at radius 2 is 2.21 bits per heavy atom. The van der Waals surface area contributed by atoms with Gasteiger partial charge in [-0.2, -0.15) is 0 Å². The molecule has 4 heteroatoms. The van der Waals surface area contributed by atoms with E-state index in [-0.39, 0.29) is 5.91 Å². The molecule has 0 unspecified atom stereocenters. The van der Waals surface area contributed by atoms with E-state index in [1.807, 2.05) is 29.2 Å². The summed E-state index contributed by atoms with van der Waals surface area (Å²) in [6.07, 6.45) is 2.30. The van der Waals surface area contributed by atoms with Crippen molar-refractivity contribution in [1.29, 1.82) is 0 Å². The van der Waals surface area contributed by atoms with E-state index in [0.29, 0.717) is 15.8 Å². The molecule has 3 rings (SSSR count). The minimum Gasteiger partial charge on any atom is -0.338 e. The predicted molar refractivity (Wildman–Crippen MR) is 81.1 cm³/mol. The molecule has 1 aromatic heterocycles. The molecule has 0 radical (unpaired) electrons. The minimum atomic E-state index is 0.0951. The quantitative estimate of drug-likeness (QED) is 0.762. The first-order valence-corrected chi connectivity index (χ1v) is 7.82. The van der Waals surface area contributed by atoms with Crippen LogP contribution in [-0.4, -0.2) is 23.9 Å². The number of carbonyl (C=O) groups is 1. The SMILES string of the molecule is C[C@@H]1CCCN(C(=O)c2sc3ccccc3c2Cl)C1. The number of hydrogen-bond donors (Lipinski definition) is 0. The Bertz CT molecular complexity index is 622. The van der Waals surface area contributed by atoms with Crippen LogP contribution in [0.2, 0.25) is 5.02 Å². The van der Waals surface area contributed by atoms with E-state index < -0.39 is 0 Å². The second-order valence-electron chi connectivity index (χ2n) is 5.24. The molecule has 1 aliphatic heterocycles. The van der Waals surface area contributed by atoms with Crippen molar-refractivity contribution in [3.05, 3.63) is 34.2 Å². The van der Waals surface area contributed by atoms with Crippen molar-refractivity contribution in [2.75, 3.05) is 13.1 Å². The molecule has 1 fully saturated rings. The van der Waals surface area contributed by atoms with Gasteiger partial charge in [-0.05, 0) is 24.8 Å². The number of likely N-dealkylation sites (tertiary alicyclic amines) is 1. The number of thiophene rings is 1. The van der Waals surface area contributed by atoms with Crippen molar-refractivity contribution in [1.82, 2.24) is 4.90 Å². The summed E-state index contributed by atoms with van der Waals surface area (Å²) in [7, 11) is 0. The van der Waals surface area contributed by atoms with Crippen LogP contribution in [0, 0.1) is 5.92 Å². The fourth-order valence-corrected chi connectivity index (χ4v) is 4.15. The first kappa shape index (κ1) is 12.9. The summed E-state index contributed by atoms with van der Waals surface area (Å²) < 4.78 is 1.08. The average Bonchev–Trinajstić information content (AvgIpc) is 2.76. The third-order valence-corrected chi connectivity index (χ3v) is 5.34. The average molecular weight is 294 g/mol. The smallest absolute Gasteiger partial charge is 0.265 e. The molecule has 0 N–H and O–H groups in total. The largest absolute Gasteiger partial charge is 0.338 e. The molecule has 1 saturated heterocycles. The number of hydrogen-bond acceptors (Lipinski definition) is 2. The van der Waals surface area contributed by atoms with E-state index in [1.54, 1.807) is 0 Å². The lowest BCUT2D eigenvalue weighted by atomic mass is 10.0. The maximum atomic E-state index is 12.6. The Kier molecular flexibility index (Phi) is 3.50. The molecule has 2 nitrogen and oxygen atoms in total. The summed E-state index contributed by atoms with van der Waals surface area (Å²) in [5, 5.41) is 1.60. The highest BCUT2D eigenvalue weighted by Crippen LogP contribution is 2.36. The van der Waals surface area contributed by atoms with Crippen molar-refractivity contribution < 1.29 is 4.79 Å². The molecule has 2 heterocycles. The van der Waals surface area contributed by atoms with E-state index in [2.05, 4.69) is 6.92 Å². The summed E-state index contributed by atoms with van der Waals surface area (Å²) in [6.45, 7) is 3.91. The van der Waals surface area contributed by atoms with Gasteiger partial charge in [0.1, 0.15) is 4.88 Å². The number of nitrogens with zero attached hydrogens (tertiary/aromatic N) is 1. The molecule has 0 saturated carbocycles. The van der Waals surface area contributed by atoms with Gasteiger partial charge in [0, 0.05) is 23.2 Å². The van der Waals surface area contributed by atoms with Gasteiger partial charge in [-0.1, -0.05) is 36.7 Å². The van der Waals surface area contributed by atoms with Gasteiger partial charge in [-0.15, -0.1) is 11.3 Å². The maximum Gasteiger partial charge on any atom is 0.265 e. The molecule has 0 spiro atoms. The van der Waals surface area contributed by atoms with E-state index in [9.17, 15) is 4.79 Å². The summed E-state index contributed by atoms with van der Waals surface area (Å²) >= 11 is 7.87. The number of amides is 1. The fourth-order valence-electron chi connectivity index (χ4n) is 2.67. The van der Waals surface area contributed by atoms with Gasteiger partial charge >= 0.3 is 0 Å². The first-order valence-electron chi connectivity index (χ1n) is 6.63. The molecular formula is C15H16ClNOS. The fraction of sp³-hybridized carbons (Fsp3) is 0.400. The third kappa shape index (κ3) is 2.37. The highest BCUT2D eigenvalue weighted by Gasteiger charge is 2.25. The lowest BCUT2D eigenvalue weighted by Gasteiger charge is -2.30. The normalized spacial score (nSPS) is 19.9. The lowest BCUT2D eigenvalue weighted by Crippen LogP contribution is -2.38. The minimum absolute atomic E-state index is 0.0951. The van der Waals surface area contributed by atoms with Gasteiger partial charge in [0.05, 0.1) is 5.02 Å². The molecule has 1 atom stereocenters. The molecule has 2 aromatic rings. The van der Waals surface area contributed by atoms with Crippen molar-refractivity contribution >= 4 is 38.9 Å². The van der Waals surface area contributed by atoms with Crippen LogP contribution in [0.15, 0.2) is 24.3 Å². The molecule has 0 bridgehead atoms. The zero-order valence-corrected chi connectivity index (χ0v) is 12.4. The zero-order valence-electron chi connectivity index (χ0n) is 10.9. The molecule has 0 aliphatic carbocycles. The van der Waals surface area contributed by atoms with Gasteiger partial charge in [0.25, 0.3) is 5.91 Å². The maximum absolute atomic E-state index is 12.6. The Morgan fingerprint density at radius 3 is 2.95 bits per heavy atom. The number of halogens is 1. The lowest BCUT2D eigenvalue weighted by molar-refractivity contribution is 0.0688. The standard InChI is InChI=1S/C15H16ClNOS/c1-10-5-4-8-17(9-10)15(18)14-13(16)11-6-2-3-7-12(11)19-14/h2-3,6-7,10H,4-5,8-9H2,1H3/t10-/m1/s1. The number of benzene rings is 1. The highest BCUT2D eigenvalue weighted by molar-refractivity contribution is 7.21. The molecule has 1 aromatic carbocycles. The number of carbonyl (C=O) groups excluding carboxylic acids is 1. The zero-order chi connectivity index (χ0) is 13.4. The molecule has 19 heavy (non-hydrogen) atoms.